The fraction of sp³-hybridized carbons (Fsp3) is 0.0741. The predicted molar refractivity (Wildman–Crippen MR) is 139 cm³/mol. The Labute approximate surface area is 212 Å². The van der Waals surface area contributed by atoms with Crippen LogP contribution in [-0.4, -0.2) is 38.3 Å². The zero-order chi connectivity index (χ0) is 25.9. The summed E-state index contributed by atoms with van der Waals surface area (Å²) in [6.45, 7) is 1.88. The Morgan fingerprint density at radius 3 is 2.46 bits per heavy atom. The lowest BCUT2D eigenvalue weighted by atomic mass is 10.2. The standard InChI is InChI=1S/C27H23N7O3/c1-17-24(33-15-13-19(26(36)37-2)16-23(33)30-17)22-12-14-29-27(32-22)31-20-10-8-18(9-11-20)25(35)34(28)21-6-4-3-5-7-21/h3-16H,28H2,1-2H3,(H,29,31,32). The van der Waals surface area contributed by atoms with Crippen LogP contribution in [0.1, 0.15) is 26.4 Å². The third kappa shape index (κ3) is 4.73. The van der Waals surface area contributed by atoms with Gasteiger partial charge in [0.1, 0.15) is 5.65 Å². The molecule has 0 unspecified atom stereocenters. The number of aryl methyl sites for hydroxylation is 1. The van der Waals surface area contributed by atoms with E-state index in [9.17, 15) is 9.59 Å². The van der Waals surface area contributed by atoms with Gasteiger partial charge in [0.2, 0.25) is 5.95 Å². The van der Waals surface area contributed by atoms with Crippen molar-refractivity contribution >= 4 is 34.8 Å². The van der Waals surface area contributed by atoms with Gasteiger partial charge in [-0.05, 0) is 61.5 Å². The van der Waals surface area contributed by atoms with Crippen LogP contribution in [0.25, 0.3) is 17.0 Å². The van der Waals surface area contributed by atoms with Crippen LogP contribution in [-0.2, 0) is 4.74 Å². The fourth-order valence-electron chi connectivity index (χ4n) is 3.94. The molecule has 0 saturated carbocycles. The van der Waals surface area contributed by atoms with E-state index in [2.05, 4.69) is 20.3 Å². The van der Waals surface area contributed by atoms with Gasteiger partial charge in [0, 0.05) is 23.6 Å². The summed E-state index contributed by atoms with van der Waals surface area (Å²) in [4.78, 5) is 38.1. The smallest absolute Gasteiger partial charge is 0.338 e. The highest BCUT2D eigenvalue weighted by atomic mass is 16.5. The molecule has 184 valence electrons. The Morgan fingerprint density at radius 2 is 1.73 bits per heavy atom. The van der Waals surface area contributed by atoms with Gasteiger partial charge < -0.3 is 10.1 Å². The summed E-state index contributed by atoms with van der Waals surface area (Å²) >= 11 is 0. The number of nitrogens with one attached hydrogen (secondary N) is 1. The Morgan fingerprint density at radius 1 is 0.973 bits per heavy atom. The van der Waals surface area contributed by atoms with E-state index in [1.165, 1.54) is 7.11 Å². The van der Waals surface area contributed by atoms with Crippen LogP contribution in [0.3, 0.4) is 0 Å². The monoisotopic (exact) mass is 493 g/mol. The molecule has 2 aromatic carbocycles. The Kier molecular flexibility index (Phi) is 6.31. The molecule has 3 N–H and O–H groups in total. The molecule has 0 radical (unpaired) electrons. The SMILES string of the molecule is COC(=O)c1ccn2c(-c3ccnc(Nc4ccc(C(=O)N(N)c5ccccc5)cc4)n3)c(C)nc2c1. The molecule has 0 spiro atoms. The molecule has 5 rings (SSSR count). The third-order valence-corrected chi connectivity index (χ3v) is 5.76. The highest BCUT2D eigenvalue weighted by molar-refractivity contribution is 6.05. The van der Waals surface area contributed by atoms with Gasteiger partial charge >= 0.3 is 5.97 Å². The summed E-state index contributed by atoms with van der Waals surface area (Å²) in [6.07, 6.45) is 3.41. The van der Waals surface area contributed by atoms with E-state index in [1.54, 1.807) is 67.0 Å². The van der Waals surface area contributed by atoms with Gasteiger partial charge in [-0.2, -0.15) is 0 Å². The van der Waals surface area contributed by atoms with Crippen molar-refractivity contribution < 1.29 is 14.3 Å². The third-order valence-electron chi connectivity index (χ3n) is 5.76. The number of carbonyl (C=O) groups excluding carboxylic acids is 2. The number of ether oxygens (including phenoxy) is 1. The second kappa shape index (κ2) is 9.88. The number of para-hydroxylation sites is 1. The summed E-state index contributed by atoms with van der Waals surface area (Å²) in [5.74, 6) is 5.62. The number of anilines is 3. The molecule has 37 heavy (non-hydrogen) atoms. The second-order valence-corrected chi connectivity index (χ2v) is 8.16. The van der Waals surface area contributed by atoms with Crippen LogP contribution in [0.2, 0.25) is 0 Å². The quantitative estimate of drug-likeness (QED) is 0.156. The van der Waals surface area contributed by atoms with Gasteiger partial charge in [-0.3, -0.25) is 9.20 Å². The van der Waals surface area contributed by atoms with Crippen LogP contribution in [0.4, 0.5) is 17.3 Å². The van der Waals surface area contributed by atoms with Crippen molar-refractivity contribution in [3.8, 4) is 11.4 Å². The van der Waals surface area contributed by atoms with Crippen molar-refractivity contribution in [1.29, 1.82) is 0 Å². The largest absolute Gasteiger partial charge is 0.465 e. The average molecular weight is 494 g/mol. The number of aromatic nitrogens is 4. The summed E-state index contributed by atoms with van der Waals surface area (Å²) in [5.41, 5.74) is 4.95. The number of benzene rings is 2. The molecular weight excluding hydrogens is 470 g/mol. The minimum Gasteiger partial charge on any atom is -0.465 e. The highest BCUT2D eigenvalue weighted by Gasteiger charge is 2.16. The normalized spacial score (nSPS) is 10.8. The number of fused-ring (bicyclic) bond motifs is 1. The highest BCUT2D eigenvalue weighted by Crippen LogP contribution is 2.25. The molecule has 0 aliphatic carbocycles. The number of carbonyl (C=O) groups is 2. The van der Waals surface area contributed by atoms with Crippen LogP contribution >= 0.6 is 0 Å². The molecule has 0 aliphatic heterocycles. The molecular formula is C27H23N7O3. The molecule has 0 saturated heterocycles. The number of pyridine rings is 1. The van der Waals surface area contributed by atoms with E-state index >= 15 is 0 Å². The van der Waals surface area contributed by atoms with Gasteiger partial charge in [-0.25, -0.2) is 30.6 Å². The number of rotatable bonds is 6. The van der Waals surface area contributed by atoms with E-state index in [0.717, 1.165) is 16.4 Å². The van der Waals surface area contributed by atoms with Gasteiger partial charge in [-0.1, -0.05) is 18.2 Å². The van der Waals surface area contributed by atoms with Crippen molar-refractivity contribution in [2.24, 2.45) is 5.84 Å². The molecule has 0 atom stereocenters. The molecule has 5 aromatic rings. The van der Waals surface area contributed by atoms with E-state index in [-0.39, 0.29) is 5.91 Å². The number of amides is 1. The van der Waals surface area contributed by atoms with Crippen LogP contribution < -0.4 is 16.2 Å². The van der Waals surface area contributed by atoms with Crippen LogP contribution in [0, 0.1) is 6.92 Å². The van der Waals surface area contributed by atoms with Crippen LogP contribution in [0.15, 0.2) is 85.2 Å². The van der Waals surface area contributed by atoms with E-state index in [1.807, 2.05) is 29.5 Å². The summed E-state index contributed by atoms with van der Waals surface area (Å²) in [5, 5.41) is 4.28. The molecule has 10 nitrogen and oxygen atoms in total. The maximum atomic E-state index is 12.7. The number of hydrogen-bond acceptors (Lipinski definition) is 8. The molecule has 0 aliphatic rings. The number of hydrogen-bond donors (Lipinski definition) is 2. The average Bonchev–Trinajstić information content (AvgIpc) is 3.27. The number of methoxy groups -OCH3 is 1. The first kappa shape index (κ1) is 23.6. The van der Waals surface area contributed by atoms with Gasteiger partial charge in [0.25, 0.3) is 5.91 Å². The number of hydrazine groups is 1. The van der Waals surface area contributed by atoms with E-state index in [0.29, 0.717) is 39.8 Å². The fourth-order valence-corrected chi connectivity index (χ4v) is 3.94. The maximum absolute atomic E-state index is 12.7. The Balaban J connectivity index is 1.37. The number of esters is 1. The molecule has 10 heteroatoms. The first-order valence-electron chi connectivity index (χ1n) is 11.4. The zero-order valence-electron chi connectivity index (χ0n) is 20.1. The number of nitrogens with zero attached hydrogens (tertiary/aromatic N) is 5. The molecule has 3 aromatic heterocycles. The van der Waals surface area contributed by atoms with E-state index < -0.39 is 5.97 Å². The van der Waals surface area contributed by atoms with Gasteiger partial charge in [-0.15, -0.1) is 0 Å². The first-order valence-corrected chi connectivity index (χ1v) is 11.4. The molecule has 0 bridgehead atoms. The minimum absolute atomic E-state index is 0.325. The van der Waals surface area contributed by atoms with Crippen molar-refractivity contribution in [2.75, 3.05) is 17.4 Å². The van der Waals surface area contributed by atoms with Crippen molar-refractivity contribution in [2.45, 2.75) is 6.92 Å². The molecule has 3 heterocycles. The van der Waals surface area contributed by atoms with Crippen molar-refractivity contribution in [3.05, 3.63) is 102 Å². The number of nitrogens with two attached hydrogens (primary N) is 1. The topological polar surface area (TPSA) is 128 Å². The Bertz CT molecular complexity index is 1600. The minimum atomic E-state index is -0.426. The predicted octanol–water partition coefficient (Wildman–Crippen LogP) is 4.15. The Hall–Kier alpha value is -5.09. The summed E-state index contributed by atoms with van der Waals surface area (Å²) in [6, 6.07) is 21.0. The van der Waals surface area contributed by atoms with Crippen molar-refractivity contribution in [3.63, 3.8) is 0 Å². The van der Waals surface area contributed by atoms with Crippen molar-refractivity contribution in [1.82, 2.24) is 19.4 Å². The molecule has 0 fully saturated rings. The number of imidazole rings is 1. The van der Waals surface area contributed by atoms with E-state index in [4.69, 9.17) is 10.6 Å². The lowest BCUT2D eigenvalue weighted by Gasteiger charge is -2.16. The van der Waals surface area contributed by atoms with Gasteiger partial charge in [0.05, 0.1) is 35.4 Å². The second-order valence-electron chi connectivity index (χ2n) is 8.16. The lowest BCUT2D eigenvalue weighted by Crippen LogP contribution is -2.37. The maximum Gasteiger partial charge on any atom is 0.338 e. The van der Waals surface area contributed by atoms with Crippen LogP contribution in [0.5, 0.6) is 0 Å². The summed E-state index contributed by atoms with van der Waals surface area (Å²) < 4.78 is 6.66. The van der Waals surface area contributed by atoms with Gasteiger partial charge in [0.15, 0.2) is 0 Å². The first-order chi connectivity index (χ1) is 17.9. The summed E-state index contributed by atoms with van der Waals surface area (Å²) in [7, 11) is 1.34. The zero-order valence-corrected chi connectivity index (χ0v) is 20.1. The lowest BCUT2D eigenvalue weighted by molar-refractivity contribution is 0.0600. The molecule has 1 amide bonds.